The standard InChI is InChI=1S/C10H15NO2S/c1-2-9-7-10(13)11(8-9)3-5-14-6-4-12/h1,9,12H,3-8H2. The molecule has 1 rings (SSSR count). The third-order valence-corrected chi connectivity index (χ3v) is 3.13. The summed E-state index contributed by atoms with van der Waals surface area (Å²) in [5, 5.41) is 8.56. The summed E-state index contributed by atoms with van der Waals surface area (Å²) in [6.45, 7) is 1.66. The second kappa shape index (κ2) is 5.94. The molecule has 14 heavy (non-hydrogen) atoms. The Morgan fingerprint density at radius 2 is 2.43 bits per heavy atom. The molecule has 0 aromatic carbocycles. The van der Waals surface area contributed by atoms with Crippen LogP contribution in [-0.4, -0.2) is 47.1 Å². The fourth-order valence-electron chi connectivity index (χ4n) is 1.44. The SMILES string of the molecule is C#CC1CC(=O)N(CCSCCO)C1. The highest BCUT2D eigenvalue weighted by Crippen LogP contribution is 2.16. The summed E-state index contributed by atoms with van der Waals surface area (Å²) in [5.74, 6) is 4.50. The number of aliphatic hydroxyl groups is 1. The number of hydrogen-bond acceptors (Lipinski definition) is 3. The van der Waals surface area contributed by atoms with Gasteiger partial charge >= 0.3 is 0 Å². The van der Waals surface area contributed by atoms with Crippen molar-refractivity contribution in [3.63, 3.8) is 0 Å². The molecule has 1 unspecified atom stereocenters. The molecule has 0 aromatic heterocycles. The highest BCUT2D eigenvalue weighted by molar-refractivity contribution is 7.99. The molecule has 1 fully saturated rings. The zero-order valence-corrected chi connectivity index (χ0v) is 8.92. The molecule has 1 amide bonds. The maximum absolute atomic E-state index is 11.4. The van der Waals surface area contributed by atoms with Crippen LogP contribution in [0.3, 0.4) is 0 Å². The van der Waals surface area contributed by atoms with E-state index in [1.807, 2.05) is 4.90 Å². The van der Waals surface area contributed by atoms with Gasteiger partial charge in [0.1, 0.15) is 0 Å². The first kappa shape index (κ1) is 11.4. The first-order valence-electron chi connectivity index (χ1n) is 4.70. The summed E-state index contributed by atoms with van der Waals surface area (Å²) < 4.78 is 0. The van der Waals surface area contributed by atoms with Gasteiger partial charge in [0.2, 0.25) is 5.91 Å². The molecule has 1 aliphatic heterocycles. The van der Waals surface area contributed by atoms with Gasteiger partial charge in [-0.15, -0.1) is 12.3 Å². The third-order valence-electron chi connectivity index (χ3n) is 2.19. The average molecular weight is 213 g/mol. The molecule has 78 valence electrons. The molecule has 1 N–H and O–H groups in total. The second-order valence-electron chi connectivity index (χ2n) is 3.24. The van der Waals surface area contributed by atoms with Crippen molar-refractivity contribution in [2.75, 3.05) is 31.2 Å². The molecule has 0 aromatic rings. The van der Waals surface area contributed by atoms with Gasteiger partial charge in [0.15, 0.2) is 0 Å². The maximum atomic E-state index is 11.4. The van der Waals surface area contributed by atoms with Crippen LogP contribution in [0.15, 0.2) is 0 Å². The number of nitrogens with zero attached hydrogens (tertiary/aromatic N) is 1. The van der Waals surface area contributed by atoms with Crippen LogP contribution in [0.2, 0.25) is 0 Å². The van der Waals surface area contributed by atoms with Crippen molar-refractivity contribution in [1.82, 2.24) is 4.90 Å². The van der Waals surface area contributed by atoms with Crippen LogP contribution >= 0.6 is 11.8 Å². The fraction of sp³-hybridized carbons (Fsp3) is 0.700. The lowest BCUT2D eigenvalue weighted by Crippen LogP contribution is -2.27. The molecule has 0 aliphatic carbocycles. The van der Waals surface area contributed by atoms with Crippen LogP contribution < -0.4 is 0 Å². The molecule has 1 aliphatic rings. The van der Waals surface area contributed by atoms with Crippen LogP contribution in [0.5, 0.6) is 0 Å². The molecule has 0 bridgehead atoms. The molecule has 0 radical (unpaired) electrons. The van der Waals surface area contributed by atoms with Crippen molar-refractivity contribution in [1.29, 1.82) is 0 Å². The Morgan fingerprint density at radius 3 is 3.00 bits per heavy atom. The molecule has 1 heterocycles. The average Bonchev–Trinajstić information content (AvgIpc) is 2.54. The summed E-state index contributed by atoms with van der Waals surface area (Å²) >= 11 is 1.66. The van der Waals surface area contributed by atoms with Gasteiger partial charge in [-0.2, -0.15) is 11.8 Å². The second-order valence-corrected chi connectivity index (χ2v) is 4.47. The van der Waals surface area contributed by atoms with Gasteiger partial charge in [-0.1, -0.05) is 0 Å². The predicted octanol–water partition coefficient (Wildman–Crippen LogP) is 0.194. The first-order chi connectivity index (χ1) is 6.77. The quantitative estimate of drug-likeness (QED) is 0.523. The minimum absolute atomic E-state index is 0.102. The monoisotopic (exact) mass is 213 g/mol. The van der Waals surface area contributed by atoms with Gasteiger partial charge in [-0.25, -0.2) is 0 Å². The molecule has 1 saturated heterocycles. The molecule has 0 saturated carbocycles. The molecular weight excluding hydrogens is 198 g/mol. The summed E-state index contributed by atoms with van der Waals surface area (Å²) in [4.78, 5) is 13.2. The van der Waals surface area contributed by atoms with Crippen LogP contribution in [0, 0.1) is 18.3 Å². The molecule has 1 atom stereocenters. The summed E-state index contributed by atoms with van der Waals surface area (Å²) in [6, 6.07) is 0. The van der Waals surface area contributed by atoms with Crippen LogP contribution in [0.25, 0.3) is 0 Å². The molecule has 0 spiro atoms. The minimum atomic E-state index is 0.102. The lowest BCUT2D eigenvalue weighted by molar-refractivity contribution is -0.127. The number of thioether (sulfide) groups is 1. The Labute approximate surface area is 88.9 Å². The van der Waals surface area contributed by atoms with Crippen LogP contribution in [0.4, 0.5) is 0 Å². The topological polar surface area (TPSA) is 40.5 Å². The summed E-state index contributed by atoms with van der Waals surface area (Å²) in [6.07, 6.45) is 5.77. The number of terminal acetylenes is 1. The van der Waals surface area contributed by atoms with Crippen LogP contribution in [0.1, 0.15) is 6.42 Å². The largest absolute Gasteiger partial charge is 0.396 e. The van der Waals surface area contributed by atoms with Crippen LogP contribution in [-0.2, 0) is 4.79 Å². The van der Waals surface area contributed by atoms with Crippen molar-refractivity contribution in [2.24, 2.45) is 5.92 Å². The van der Waals surface area contributed by atoms with E-state index in [0.29, 0.717) is 13.0 Å². The van der Waals surface area contributed by atoms with Gasteiger partial charge in [0.25, 0.3) is 0 Å². The van der Waals surface area contributed by atoms with Crippen molar-refractivity contribution >= 4 is 17.7 Å². The maximum Gasteiger partial charge on any atom is 0.223 e. The summed E-state index contributed by atoms with van der Waals surface area (Å²) in [5.41, 5.74) is 0. The lowest BCUT2D eigenvalue weighted by atomic mass is 10.1. The number of carbonyl (C=O) groups is 1. The van der Waals surface area contributed by atoms with E-state index in [4.69, 9.17) is 11.5 Å². The normalized spacial score (nSPS) is 21.3. The third kappa shape index (κ3) is 3.24. The van der Waals surface area contributed by atoms with Gasteiger partial charge in [0, 0.05) is 36.9 Å². The van der Waals surface area contributed by atoms with E-state index in [1.165, 1.54) is 0 Å². The van der Waals surface area contributed by atoms with Gasteiger partial charge in [-0.3, -0.25) is 4.79 Å². The Hall–Kier alpha value is -0.660. The lowest BCUT2D eigenvalue weighted by Gasteiger charge is -2.14. The van der Waals surface area contributed by atoms with E-state index in [2.05, 4.69) is 5.92 Å². The van der Waals surface area contributed by atoms with E-state index in [0.717, 1.165) is 18.1 Å². The van der Waals surface area contributed by atoms with Gasteiger partial charge in [0.05, 0.1) is 6.61 Å². The number of likely N-dealkylation sites (tertiary alicyclic amines) is 1. The van der Waals surface area contributed by atoms with Crippen molar-refractivity contribution < 1.29 is 9.90 Å². The smallest absolute Gasteiger partial charge is 0.223 e. The Balaban J connectivity index is 2.19. The summed E-state index contributed by atoms with van der Waals surface area (Å²) in [7, 11) is 0. The van der Waals surface area contributed by atoms with Crippen molar-refractivity contribution in [2.45, 2.75) is 6.42 Å². The number of carbonyl (C=O) groups excluding carboxylic acids is 1. The molecule has 3 nitrogen and oxygen atoms in total. The highest BCUT2D eigenvalue weighted by Gasteiger charge is 2.27. The number of aliphatic hydroxyl groups excluding tert-OH is 1. The molecule has 4 heteroatoms. The van der Waals surface area contributed by atoms with E-state index in [-0.39, 0.29) is 18.4 Å². The first-order valence-corrected chi connectivity index (χ1v) is 5.86. The zero-order chi connectivity index (χ0) is 10.4. The number of hydrogen-bond donors (Lipinski definition) is 1. The highest BCUT2D eigenvalue weighted by atomic mass is 32.2. The number of amides is 1. The van der Waals surface area contributed by atoms with Crippen molar-refractivity contribution in [3.05, 3.63) is 0 Å². The van der Waals surface area contributed by atoms with E-state index in [9.17, 15) is 4.79 Å². The van der Waals surface area contributed by atoms with Crippen molar-refractivity contribution in [3.8, 4) is 12.3 Å². The fourth-order valence-corrected chi connectivity index (χ4v) is 2.12. The predicted molar refractivity (Wildman–Crippen MR) is 57.9 cm³/mol. The van der Waals surface area contributed by atoms with Gasteiger partial charge < -0.3 is 10.0 Å². The Morgan fingerprint density at radius 1 is 1.64 bits per heavy atom. The number of rotatable bonds is 5. The van der Waals surface area contributed by atoms with E-state index >= 15 is 0 Å². The van der Waals surface area contributed by atoms with E-state index < -0.39 is 0 Å². The zero-order valence-electron chi connectivity index (χ0n) is 8.11. The Kier molecular flexibility index (Phi) is 4.85. The van der Waals surface area contributed by atoms with E-state index in [1.54, 1.807) is 11.8 Å². The van der Waals surface area contributed by atoms with Gasteiger partial charge in [-0.05, 0) is 0 Å². The molecular formula is C10H15NO2S. The minimum Gasteiger partial charge on any atom is -0.396 e. The Bertz CT molecular complexity index is 237.